The van der Waals surface area contributed by atoms with Gasteiger partial charge in [-0.25, -0.2) is 4.57 Å². The number of hydrogen-bond donors (Lipinski definition) is 3. The van der Waals surface area contributed by atoms with Crippen molar-refractivity contribution in [2.24, 2.45) is 5.92 Å². The first kappa shape index (κ1) is 49.7. The van der Waals surface area contributed by atoms with Crippen molar-refractivity contribution >= 4 is 19.8 Å². The van der Waals surface area contributed by atoms with Gasteiger partial charge in [-0.1, -0.05) is 142 Å². The number of phosphoric acid groups is 1. The van der Waals surface area contributed by atoms with E-state index >= 15 is 0 Å². The molecule has 0 aromatic carbocycles. The molecule has 6 atom stereocenters. The van der Waals surface area contributed by atoms with Gasteiger partial charge in [0.05, 0.1) is 32.0 Å². The van der Waals surface area contributed by atoms with Gasteiger partial charge in [-0.3, -0.25) is 18.6 Å². The molecule has 11 nitrogen and oxygen atoms in total. The molecule has 0 aromatic rings. The third-order valence-corrected chi connectivity index (χ3v) is 10.8. The van der Waals surface area contributed by atoms with E-state index in [1.165, 1.54) is 70.6 Å². The lowest BCUT2D eigenvalue weighted by molar-refractivity contribution is -0.161. The Morgan fingerprint density at radius 1 is 0.736 bits per heavy atom. The quantitative estimate of drug-likeness (QED) is 0.0180. The number of ether oxygens (including phenoxy) is 3. The van der Waals surface area contributed by atoms with Crippen molar-refractivity contribution in [3.05, 3.63) is 12.2 Å². The van der Waals surface area contributed by atoms with Crippen LogP contribution in [0.3, 0.4) is 0 Å². The van der Waals surface area contributed by atoms with Crippen molar-refractivity contribution in [1.82, 2.24) is 0 Å². The van der Waals surface area contributed by atoms with E-state index in [9.17, 15) is 24.2 Å². The normalized spacial score (nSPS) is 18.5. The number of epoxide rings is 1. The fraction of sp³-hybridized carbons (Fsp3) is 0.902. The summed E-state index contributed by atoms with van der Waals surface area (Å²) < 4.78 is 38.5. The molecule has 0 spiro atoms. The SMILES string of the molecule is CCCCC/C=C\CC1OC1CCCCCCCC(=O)OC[C@H](COP(=O)(O)OC[C@@H](O)CO)OC(=O)CCCCCCCCCCCCC(C)CC. The van der Waals surface area contributed by atoms with E-state index in [0.717, 1.165) is 70.1 Å². The zero-order valence-electron chi connectivity index (χ0n) is 33.6. The van der Waals surface area contributed by atoms with Gasteiger partial charge in [0.15, 0.2) is 6.10 Å². The van der Waals surface area contributed by atoms with Crippen LogP contribution in [-0.2, 0) is 37.4 Å². The fourth-order valence-corrected chi connectivity index (χ4v) is 6.88. The number of aliphatic hydroxyl groups excluding tert-OH is 2. The Balaban J connectivity index is 2.26. The predicted molar refractivity (Wildman–Crippen MR) is 209 cm³/mol. The van der Waals surface area contributed by atoms with Crippen molar-refractivity contribution in [2.75, 3.05) is 26.4 Å². The van der Waals surface area contributed by atoms with Crippen LogP contribution in [0.5, 0.6) is 0 Å². The van der Waals surface area contributed by atoms with Gasteiger partial charge in [-0.15, -0.1) is 0 Å². The number of allylic oxidation sites excluding steroid dienone is 1. The number of rotatable bonds is 38. The highest BCUT2D eigenvalue weighted by Gasteiger charge is 2.36. The standard InChI is InChI=1S/C41H77O11P/c1-4-6-7-8-17-22-27-38-39(52-38)28-23-18-15-20-24-29-40(44)48-33-37(34-50-53(46,47)49-32-36(43)31-42)51-41(45)30-25-19-14-12-10-9-11-13-16-21-26-35(3)5-2/h17,22,35-39,42-43H,4-16,18-21,23-34H2,1-3H3,(H,46,47)/b22-17-/t35?,36-,37+,38?,39?/m0/s1. The van der Waals surface area contributed by atoms with Crippen molar-refractivity contribution in [3.63, 3.8) is 0 Å². The minimum atomic E-state index is -4.62. The third-order valence-electron chi connectivity index (χ3n) is 9.88. The summed E-state index contributed by atoms with van der Waals surface area (Å²) in [7, 11) is -4.62. The Morgan fingerprint density at radius 3 is 1.94 bits per heavy atom. The molecule has 1 fully saturated rings. The largest absolute Gasteiger partial charge is 0.472 e. The molecular formula is C41H77O11P. The molecule has 1 aliphatic heterocycles. The molecule has 1 heterocycles. The zero-order chi connectivity index (χ0) is 39.0. The molecule has 0 radical (unpaired) electrons. The van der Waals surface area contributed by atoms with Gasteiger partial charge in [0.25, 0.3) is 0 Å². The number of esters is 2. The maximum Gasteiger partial charge on any atom is 0.472 e. The average molecular weight is 777 g/mol. The Morgan fingerprint density at radius 2 is 1.32 bits per heavy atom. The van der Waals surface area contributed by atoms with Crippen LogP contribution in [0.2, 0.25) is 0 Å². The molecule has 12 heteroatoms. The summed E-state index contributed by atoms with van der Waals surface area (Å²) in [6, 6.07) is 0. The van der Waals surface area contributed by atoms with Crippen LogP contribution in [0.25, 0.3) is 0 Å². The van der Waals surface area contributed by atoms with E-state index in [1.54, 1.807) is 0 Å². The summed E-state index contributed by atoms with van der Waals surface area (Å²) in [6.07, 6.45) is 29.1. The smallest absolute Gasteiger partial charge is 0.462 e. The minimum absolute atomic E-state index is 0.181. The summed E-state index contributed by atoms with van der Waals surface area (Å²) >= 11 is 0. The van der Waals surface area contributed by atoms with Crippen LogP contribution < -0.4 is 0 Å². The van der Waals surface area contributed by atoms with Gasteiger partial charge in [-0.2, -0.15) is 0 Å². The second-order valence-electron chi connectivity index (χ2n) is 15.0. The second-order valence-corrected chi connectivity index (χ2v) is 16.5. The Hall–Kier alpha value is -1.33. The molecule has 0 amide bonds. The van der Waals surface area contributed by atoms with Gasteiger partial charge in [0, 0.05) is 12.8 Å². The molecular weight excluding hydrogens is 699 g/mol. The molecule has 1 aliphatic rings. The molecule has 0 aliphatic carbocycles. The maximum absolute atomic E-state index is 12.6. The van der Waals surface area contributed by atoms with Crippen molar-refractivity contribution in [3.8, 4) is 0 Å². The van der Waals surface area contributed by atoms with Crippen LogP contribution in [-0.4, -0.2) is 77.9 Å². The number of phosphoric ester groups is 1. The average Bonchev–Trinajstić information content (AvgIpc) is 3.90. The lowest BCUT2D eigenvalue weighted by Crippen LogP contribution is -2.29. The van der Waals surface area contributed by atoms with Crippen molar-refractivity contribution in [1.29, 1.82) is 0 Å². The molecule has 0 aromatic heterocycles. The zero-order valence-corrected chi connectivity index (χ0v) is 34.5. The van der Waals surface area contributed by atoms with E-state index in [2.05, 4.69) is 37.4 Å². The van der Waals surface area contributed by atoms with Gasteiger partial charge < -0.3 is 29.3 Å². The first-order valence-electron chi connectivity index (χ1n) is 21.2. The van der Waals surface area contributed by atoms with Gasteiger partial charge in [0.2, 0.25) is 0 Å². The lowest BCUT2D eigenvalue weighted by Gasteiger charge is -2.20. The fourth-order valence-electron chi connectivity index (χ4n) is 6.09. The lowest BCUT2D eigenvalue weighted by atomic mass is 9.99. The van der Waals surface area contributed by atoms with E-state index in [-0.39, 0.29) is 19.4 Å². The van der Waals surface area contributed by atoms with Gasteiger partial charge in [0.1, 0.15) is 12.7 Å². The van der Waals surface area contributed by atoms with Crippen molar-refractivity contribution < 1.29 is 52.5 Å². The number of unbranched alkanes of at least 4 members (excludes halogenated alkanes) is 16. The molecule has 0 saturated carbocycles. The van der Waals surface area contributed by atoms with E-state index in [1.807, 2.05) is 0 Å². The maximum atomic E-state index is 12.6. The summed E-state index contributed by atoms with van der Waals surface area (Å²) in [6.45, 7) is 4.67. The van der Waals surface area contributed by atoms with Crippen LogP contribution in [0.15, 0.2) is 12.2 Å². The summed E-state index contributed by atoms with van der Waals surface area (Å²) in [5, 5.41) is 18.3. The topological polar surface area (TPSA) is 161 Å². The molecule has 0 bridgehead atoms. The summed E-state index contributed by atoms with van der Waals surface area (Å²) in [5.74, 6) is -0.108. The third kappa shape index (κ3) is 30.6. The molecule has 1 rings (SSSR count). The molecule has 53 heavy (non-hydrogen) atoms. The number of carbonyl (C=O) groups excluding carboxylic acids is 2. The first-order valence-corrected chi connectivity index (χ1v) is 22.7. The van der Waals surface area contributed by atoms with Crippen molar-refractivity contribution in [2.45, 2.75) is 206 Å². The van der Waals surface area contributed by atoms with Gasteiger partial charge in [-0.05, 0) is 44.4 Å². The highest BCUT2D eigenvalue weighted by Crippen LogP contribution is 2.43. The minimum Gasteiger partial charge on any atom is -0.462 e. The van der Waals surface area contributed by atoms with Crippen LogP contribution in [0, 0.1) is 5.92 Å². The van der Waals surface area contributed by atoms with Crippen LogP contribution in [0.1, 0.15) is 181 Å². The molecule has 3 N–H and O–H groups in total. The van der Waals surface area contributed by atoms with Crippen LogP contribution in [0.4, 0.5) is 0 Å². The Kier molecular flexibility index (Phi) is 30.8. The number of carbonyl (C=O) groups is 2. The summed E-state index contributed by atoms with van der Waals surface area (Å²) in [4.78, 5) is 35.0. The Labute approximate surface area is 321 Å². The second kappa shape index (κ2) is 32.9. The molecule has 1 saturated heterocycles. The van der Waals surface area contributed by atoms with E-state index < -0.39 is 51.8 Å². The van der Waals surface area contributed by atoms with Crippen LogP contribution >= 0.6 is 7.82 Å². The number of hydrogen-bond acceptors (Lipinski definition) is 10. The molecule has 312 valence electrons. The molecule has 4 unspecified atom stereocenters. The monoisotopic (exact) mass is 777 g/mol. The van der Waals surface area contributed by atoms with E-state index in [0.29, 0.717) is 25.0 Å². The predicted octanol–water partition coefficient (Wildman–Crippen LogP) is 9.68. The van der Waals surface area contributed by atoms with Gasteiger partial charge >= 0.3 is 19.8 Å². The number of aliphatic hydroxyl groups is 2. The highest BCUT2D eigenvalue weighted by molar-refractivity contribution is 7.47. The van der Waals surface area contributed by atoms with E-state index in [4.69, 9.17) is 23.8 Å². The highest BCUT2D eigenvalue weighted by atomic mass is 31.2. The first-order chi connectivity index (χ1) is 25.6. The summed E-state index contributed by atoms with van der Waals surface area (Å²) in [5.41, 5.74) is 0. The Bertz CT molecular complexity index is 978.